The number of methoxy groups -OCH3 is 1. The highest BCUT2D eigenvalue weighted by Crippen LogP contribution is 2.45. The maximum atomic E-state index is 12.9. The van der Waals surface area contributed by atoms with Gasteiger partial charge in [0.1, 0.15) is 32.9 Å². The van der Waals surface area contributed by atoms with Crippen LogP contribution in [0.5, 0.6) is 5.75 Å². The number of ether oxygens (including phenoxy) is 1. The summed E-state index contributed by atoms with van der Waals surface area (Å²) >= 11 is 0.986. The Bertz CT molecular complexity index is 1460. The zero-order valence-electron chi connectivity index (χ0n) is 17.4. The monoisotopic (exact) mass is 458 g/mol. The fraction of sp³-hybridized carbons (Fsp3) is 0.0435. The number of primary amides is 1. The van der Waals surface area contributed by atoms with Gasteiger partial charge in [-0.15, -0.1) is 11.3 Å². The number of nitriles is 1. The molecule has 7 N–H and O–H groups in total. The molecule has 2 aromatic heterocycles. The minimum atomic E-state index is -0.717. The summed E-state index contributed by atoms with van der Waals surface area (Å²) in [5.74, 6) is -0.632. The predicted octanol–water partition coefficient (Wildman–Crippen LogP) is 3.36. The van der Waals surface area contributed by atoms with Gasteiger partial charge in [-0.25, -0.2) is 4.98 Å². The van der Waals surface area contributed by atoms with Crippen LogP contribution >= 0.6 is 11.3 Å². The molecule has 164 valence electrons. The molecule has 0 spiro atoms. The molecular formula is C23H18N6O3S. The van der Waals surface area contributed by atoms with E-state index in [2.05, 4.69) is 16.4 Å². The molecule has 0 atom stereocenters. The summed E-state index contributed by atoms with van der Waals surface area (Å²) in [4.78, 5) is 29.5. The van der Waals surface area contributed by atoms with Crippen molar-refractivity contribution in [1.82, 2.24) is 4.98 Å². The quantitative estimate of drug-likeness (QED) is 0.355. The summed E-state index contributed by atoms with van der Waals surface area (Å²) in [5.41, 5.74) is 19.5. The number of aromatic nitrogens is 1. The Hall–Kier alpha value is -4.62. The maximum absolute atomic E-state index is 12.9. The van der Waals surface area contributed by atoms with Crippen molar-refractivity contribution in [3.63, 3.8) is 0 Å². The van der Waals surface area contributed by atoms with E-state index in [4.69, 9.17) is 21.9 Å². The number of pyridine rings is 1. The summed E-state index contributed by atoms with van der Waals surface area (Å²) in [6.45, 7) is 0. The van der Waals surface area contributed by atoms with E-state index in [1.54, 1.807) is 48.5 Å². The van der Waals surface area contributed by atoms with Gasteiger partial charge >= 0.3 is 0 Å². The van der Waals surface area contributed by atoms with Gasteiger partial charge in [-0.1, -0.05) is 18.2 Å². The van der Waals surface area contributed by atoms with E-state index in [0.29, 0.717) is 38.3 Å². The number of rotatable bonds is 5. The van der Waals surface area contributed by atoms with E-state index in [0.717, 1.165) is 11.3 Å². The Morgan fingerprint density at radius 1 is 1.15 bits per heavy atom. The molecule has 0 radical (unpaired) electrons. The van der Waals surface area contributed by atoms with Gasteiger partial charge in [0.05, 0.1) is 18.5 Å². The molecule has 2 amide bonds. The van der Waals surface area contributed by atoms with Crippen LogP contribution in [0.15, 0.2) is 48.5 Å². The lowest BCUT2D eigenvalue weighted by Crippen LogP contribution is -2.13. The average molecular weight is 459 g/mol. The lowest BCUT2D eigenvalue weighted by molar-refractivity contribution is 0.100. The van der Waals surface area contributed by atoms with Crippen LogP contribution < -0.4 is 27.3 Å². The molecule has 0 aliphatic rings. The third-order valence-electron chi connectivity index (χ3n) is 5.02. The van der Waals surface area contributed by atoms with Crippen LogP contribution in [0, 0.1) is 11.3 Å². The van der Waals surface area contributed by atoms with Crippen molar-refractivity contribution in [1.29, 1.82) is 5.26 Å². The van der Waals surface area contributed by atoms with E-state index >= 15 is 0 Å². The first-order chi connectivity index (χ1) is 15.8. The molecule has 10 heteroatoms. The SMILES string of the molecule is COc1ccc(-c2c(C#N)c(N)nc3sc(C(N)=O)c(N)c23)c(NC(=O)c2ccccc2)c1. The molecule has 4 rings (SSSR count). The number of nitrogens with one attached hydrogen (secondary N) is 1. The second-order valence-corrected chi connectivity index (χ2v) is 7.98. The number of hydrogen-bond acceptors (Lipinski definition) is 8. The van der Waals surface area contributed by atoms with Crippen molar-refractivity contribution in [2.24, 2.45) is 5.73 Å². The zero-order chi connectivity index (χ0) is 23.7. The highest BCUT2D eigenvalue weighted by Gasteiger charge is 2.25. The molecule has 0 aliphatic heterocycles. The normalized spacial score (nSPS) is 10.5. The number of fused-ring (bicyclic) bond motifs is 1. The zero-order valence-corrected chi connectivity index (χ0v) is 18.2. The maximum Gasteiger partial charge on any atom is 0.260 e. The van der Waals surface area contributed by atoms with Crippen molar-refractivity contribution >= 4 is 50.6 Å². The molecule has 0 unspecified atom stereocenters. The Labute approximate surface area is 192 Å². The molecule has 33 heavy (non-hydrogen) atoms. The Kier molecular flexibility index (Phi) is 5.56. The number of thiophene rings is 1. The first-order valence-electron chi connectivity index (χ1n) is 9.61. The first kappa shape index (κ1) is 21.6. The number of carbonyl (C=O) groups excluding carboxylic acids is 2. The van der Waals surface area contributed by atoms with Gasteiger partial charge in [0, 0.05) is 28.1 Å². The summed E-state index contributed by atoms with van der Waals surface area (Å²) in [6.07, 6.45) is 0. The van der Waals surface area contributed by atoms with Gasteiger partial charge in [0.15, 0.2) is 0 Å². The van der Waals surface area contributed by atoms with E-state index in [1.165, 1.54) is 7.11 Å². The lowest BCUT2D eigenvalue weighted by Gasteiger charge is -2.16. The summed E-state index contributed by atoms with van der Waals surface area (Å²) in [5, 5.41) is 13.1. The number of nitrogen functional groups attached to an aromatic ring is 2. The summed E-state index contributed by atoms with van der Waals surface area (Å²) in [7, 11) is 1.50. The standard InChI is InChI=1S/C23H18N6O3S/c1-32-12-7-8-13(15(9-12)28-22(31)11-5-3-2-4-6-11)16-14(10-24)20(26)29-23-17(16)18(25)19(33-23)21(27)30/h2-9H,25H2,1H3,(H2,26,29)(H2,27,30)(H,28,31). The summed E-state index contributed by atoms with van der Waals surface area (Å²) < 4.78 is 5.32. The van der Waals surface area contributed by atoms with Crippen molar-refractivity contribution in [2.75, 3.05) is 23.9 Å². The lowest BCUT2D eigenvalue weighted by atomic mass is 9.95. The molecule has 0 fully saturated rings. The molecule has 0 aliphatic carbocycles. The Morgan fingerprint density at radius 2 is 1.88 bits per heavy atom. The second-order valence-electron chi connectivity index (χ2n) is 6.98. The van der Waals surface area contributed by atoms with E-state index in [-0.39, 0.29) is 27.9 Å². The number of benzene rings is 2. The van der Waals surface area contributed by atoms with Gasteiger partial charge in [0.2, 0.25) is 0 Å². The fourth-order valence-electron chi connectivity index (χ4n) is 3.49. The number of amides is 2. The first-order valence-corrected chi connectivity index (χ1v) is 10.4. The number of hydrogen-bond donors (Lipinski definition) is 4. The van der Waals surface area contributed by atoms with Gasteiger partial charge in [-0.3, -0.25) is 9.59 Å². The Morgan fingerprint density at radius 3 is 2.52 bits per heavy atom. The minimum Gasteiger partial charge on any atom is -0.497 e. The Balaban J connectivity index is 2.01. The molecule has 4 aromatic rings. The number of anilines is 3. The van der Waals surface area contributed by atoms with Crippen LogP contribution in [0.3, 0.4) is 0 Å². The highest BCUT2D eigenvalue weighted by atomic mass is 32.1. The highest BCUT2D eigenvalue weighted by molar-refractivity contribution is 7.21. The van der Waals surface area contributed by atoms with Crippen LogP contribution in [0.25, 0.3) is 21.3 Å². The van der Waals surface area contributed by atoms with Crippen molar-refractivity contribution in [3.05, 3.63) is 64.5 Å². The van der Waals surface area contributed by atoms with Gasteiger partial charge in [-0.2, -0.15) is 5.26 Å². The number of carbonyl (C=O) groups is 2. The van der Waals surface area contributed by atoms with E-state index in [1.807, 2.05) is 0 Å². The molecule has 9 nitrogen and oxygen atoms in total. The molecule has 0 saturated carbocycles. The van der Waals surface area contributed by atoms with Crippen LogP contribution in [0.2, 0.25) is 0 Å². The van der Waals surface area contributed by atoms with Crippen molar-refractivity contribution < 1.29 is 14.3 Å². The largest absolute Gasteiger partial charge is 0.497 e. The predicted molar refractivity (Wildman–Crippen MR) is 128 cm³/mol. The van der Waals surface area contributed by atoms with E-state index in [9.17, 15) is 14.9 Å². The van der Waals surface area contributed by atoms with Crippen LogP contribution in [-0.4, -0.2) is 23.9 Å². The van der Waals surface area contributed by atoms with E-state index < -0.39 is 5.91 Å². The van der Waals surface area contributed by atoms with Gasteiger partial charge < -0.3 is 27.3 Å². The third-order valence-corrected chi connectivity index (χ3v) is 6.13. The molecule has 2 heterocycles. The van der Waals surface area contributed by atoms with Crippen molar-refractivity contribution in [3.8, 4) is 22.9 Å². The van der Waals surface area contributed by atoms with Gasteiger partial charge in [0.25, 0.3) is 11.8 Å². The summed E-state index contributed by atoms with van der Waals surface area (Å²) in [6, 6.07) is 15.7. The van der Waals surface area contributed by atoms with Gasteiger partial charge in [-0.05, 0) is 24.3 Å². The smallest absolute Gasteiger partial charge is 0.260 e. The van der Waals surface area contributed by atoms with Crippen molar-refractivity contribution in [2.45, 2.75) is 0 Å². The average Bonchev–Trinajstić information content (AvgIpc) is 3.14. The molecule has 0 bridgehead atoms. The van der Waals surface area contributed by atoms with Crippen LogP contribution in [-0.2, 0) is 0 Å². The molecular weight excluding hydrogens is 440 g/mol. The minimum absolute atomic E-state index is 0.0339. The second kappa shape index (κ2) is 8.49. The topological polar surface area (TPSA) is 170 Å². The number of nitrogens with zero attached hydrogens (tertiary/aromatic N) is 2. The number of nitrogens with two attached hydrogens (primary N) is 3. The molecule has 0 saturated heterocycles. The van der Waals surface area contributed by atoms with Crippen LogP contribution in [0.4, 0.5) is 17.2 Å². The fourth-order valence-corrected chi connectivity index (χ4v) is 4.46. The molecule has 2 aromatic carbocycles. The third kappa shape index (κ3) is 3.77. The van der Waals surface area contributed by atoms with Crippen LogP contribution in [0.1, 0.15) is 25.6 Å².